The number of anilines is 2. The highest BCUT2D eigenvalue weighted by molar-refractivity contribution is 6.35. The second-order valence-electron chi connectivity index (χ2n) is 4.49. The van der Waals surface area contributed by atoms with Gasteiger partial charge < -0.3 is 10.6 Å². The van der Waals surface area contributed by atoms with Gasteiger partial charge in [0.25, 0.3) is 0 Å². The molecule has 0 radical (unpaired) electrons. The number of hydrogen-bond acceptors (Lipinski definition) is 2. The Morgan fingerprint density at radius 3 is 2.52 bits per heavy atom. The van der Waals surface area contributed by atoms with Gasteiger partial charge in [0, 0.05) is 15.7 Å². The van der Waals surface area contributed by atoms with Crippen LogP contribution >= 0.6 is 34.8 Å². The molecule has 0 aliphatic heterocycles. The first kappa shape index (κ1) is 16.0. The number of halogens is 3. The molecule has 2 aromatic carbocycles. The third-order valence-corrected chi connectivity index (χ3v) is 3.80. The summed E-state index contributed by atoms with van der Waals surface area (Å²) < 4.78 is 0. The van der Waals surface area contributed by atoms with Crippen LogP contribution in [0.15, 0.2) is 36.4 Å². The summed E-state index contributed by atoms with van der Waals surface area (Å²) in [6.07, 6.45) is 0. The van der Waals surface area contributed by atoms with E-state index in [1.54, 1.807) is 24.3 Å². The molecule has 110 valence electrons. The van der Waals surface area contributed by atoms with Crippen molar-refractivity contribution in [2.24, 2.45) is 0 Å². The van der Waals surface area contributed by atoms with Crippen LogP contribution in [0.5, 0.6) is 0 Å². The Hall–Kier alpha value is -1.42. The second kappa shape index (κ2) is 7.03. The van der Waals surface area contributed by atoms with Crippen LogP contribution in [-0.4, -0.2) is 12.5 Å². The maximum absolute atomic E-state index is 11.9. The molecule has 0 spiro atoms. The van der Waals surface area contributed by atoms with Gasteiger partial charge in [0.05, 0.1) is 17.3 Å². The average molecular weight is 344 g/mol. The SMILES string of the molecule is Cc1ccc(NCC(=O)Nc2cc(Cl)ccc2Cl)cc1Cl. The van der Waals surface area contributed by atoms with Crippen molar-refractivity contribution >= 4 is 52.1 Å². The minimum atomic E-state index is -0.226. The number of aryl methyl sites for hydroxylation is 1. The molecule has 0 saturated heterocycles. The summed E-state index contributed by atoms with van der Waals surface area (Å²) in [5, 5.41) is 7.29. The zero-order valence-electron chi connectivity index (χ0n) is 11.2. The van der Waals surface area contributed by atoms with Gasteiger partial charge in [-0.1, -0.05) is 40.9 Å². The van der Waals surface area contributed by atoms with E-state index < -0.39 is 0 Å². The van der Waals surface area contributed by atoms with Crippen LogP contribution in [0.25, 0.3) is 0 Å². The van der Waals surface area contributed by atoms with Crippen LogP contribution in [-0.2, 0) is 4.79 Å². The van der Waals surface area contributed by atoms with Crippen LogP contribution in [0.1, 0.15) is 5.56 Å². The normalized spacial score (nSPS) is 10.3. The molecule has 2 aromatic rings. The lowest BCUT2D eigenvalue weighted by Crippen LogP contribution is -2.21. The van der Waals surface area contributed by atoms with Crippen LogP contribution in [0, 0.1) is 6.92 Å². The van der Waals surface area contributed by atoms with Gasteiger partial charge in [0.2, 0.25) is 5.91 Å². The fourth-order valence-corrected chi connectivity index (χ4v) is 2.19. The third kappa shape index (κ3) is 4.53. The Bertz CT molecular complexity index is 674. The van der Waals surface area contributed by atoms with E-state index in [1.165, 1.54) is 0 Å². The maximum Gasteiger partial charge on any atom is 0.243 e. The summed E-state index contributed by atoms with van der Waals surface area (Å²) in [7, 11) is 0. The minimum absolute atomic E-state index is 0.0994. The molecular formula is C15H13Cl3N2O. The minimum Gasteiger partial charge on any atom is -0.376 e. The van der Waals surface area contributed by atoms with Gasteiger partial charge in [-0.05, 0) is 42.8 Å². The Morgan fingerprint density at radius 2 is 1.81 bits per heavy atom. The maximum atomic E-state index is 11.9. The van der Waals surface area contributed by atoms with Crippen LogP contribution in [0.4, 0.5) is 11.4 Å². The van der Waals surface area contributed by atoms with Gasteiger partial charge >= 0.3 is 0 Å². The first-order valence-corrected chi connectivity index (χ1v) is 7.34. The zero-order valence-corrected chi connectivity index (χ0v) is 13.5. The lowest BCUT2D eigenvalue weighted by atomic mass is 10.2. The first-order valence-electron chi connectivity index (χ1n) is 6.20. The largest absolute Gasteiger partial charge is 0.376 e. The molecule has 2 rings (SSSR count). The highest BCUT2D eigenvalue weighted by Crippen LogP contribution is 2.25. The lowest BCUT2D eigenvalue weighted by Gasteiger charge is -2.10. The highest BCUT2D eigenvalue weighted by Gasteiger charge is 2.07. The molecule has 0 heterocycles. The predicted molar refractivity (Wildman–Crippen MR) is 89.8 cm³/mol. The van der Waals surface area contributed by atoms with Crippen molar-refractivity contribution in [2.75, 3.05) is 17.2 Å². The van der Waals surface area contributed by atoms with E-state index in [4.69, 9.17) is 34.8 Å². The summed E-state index contributed by atoms with van der Waals surface area (Å²) in [6, 6.07) is 10.4. The average Bonchev–Trinajstić information content (AvgIpc) is 2.44. The standard InChI is InChI=1S/C15H13Cl3N2O/c1-9-2-4-11(7-13(9)18)19-8-15(21)20-14-6-10(16)3-5-12(14)17/h2-7,19H,8H2,1H3,(H,20,21). The molecule has 0 aliphatic carbocycles. The number of nitrogens with one attached hydrogen (secondary N) is 2. The Balaban J connectivity index is 1.95. The Morgan fingerprint density at radius 1 is 1.05 bits per heavy atom. The molecule has 0 fully saturated rings. The summed E-state index contributed by atoms with van der Waals surface area (Å²) in [6.45, 7) is 2.02. The molecule has 2 N–H and O–H groups in total. The topological polar surface area (TPSA) is 41.1 Å². The number of carbonyl (C=O) groups is 1. The molecule has 1 amide bonds. The monoisotopic (exact) mass is 342 g/mol. The molecule has 0 aliphatic rings. The quantitative estimate of drug-likeness (QED) is 0.819. The smallest absolute Gasteiger partial charge is 0.243 e. The molecule has 0 unspecified atom stereocenters. The highest BCUT2D eigenvalue weighted by atomic mass is 35.5. The number of benzene rings is 2. The Kier molecular flexibility index (Phi) is 5.34. The van der Waals surface area contributed by atoms with Crippen molar-refractivity contribution < 1.29 is 4.79 Å². The van der Waals surface area contributed by atoms with Crippen molar-refractivity contribution in [1.82, 2.24) is 0 Å². The number of rotatable bonds is 4. The fourth-order valence-electron chi connectivity index (χ4n) is 1.67. The third-order valence-electron chi connectivity index (χ3n) is 2.83. The van der Waals surface area contributed by atoms with Crippen molar-refractivity contribution in [1.29, 1.82) is 0 Å². The molecule has 0 bridgehead atoms. The van der Waals surface area contributed by atoms with E-state index in [1.807, 2.05) is 19.1 Å². The van der Waals surface area contributed by atoms with Gasteiger partial charge in [0.15, 0.2) is 0 Å². The van der Waals surface area contributed by atoms with Gasteiger partial charge in [0.1, 0.15) is 0 Å². The first-order chi connectivity index (χ1) is 9.95. The fraction of sp³-hybridized carbons (Fsp3) is 0.133. The summed E-state index contributed by atoms with van der Waals surface area (Å²) >= 11 is 17.9. The van der Waals surface area contributed by atoms with Gasteiger partial charge in [-0.3, -0.25) is 4.79 Å². The van der Waals surface area contributed by atoms with Gasteiger partial charge in [-0.15, -0.1) is 0 Å². The van der Waals surface area contributed by atoms with Crippen molar-refractivity contribution in [3.8, 4) is 0 Å². The van der Waals surface area contributed by atoms with Gasteiger partial charge in [-0.2, -0.15) is 0 Å². The van der Waals surface area contributed by atoms with E-state index in [0.29, 0.717) is 20.8 Å². The molecule has 0 atom stereocenters. The molecule has 0 aromatic heterocycles. The van der Waals surface area contributed by atoms with E-state index in [0.717, 1.165) is 11.3 Å². The van der Waals surface area contributed by atoms with Crippen LogP contribution < -0.4 is 10.6 Å². The summed E-state index contributed by atoms with van der Waals surface area (Å²) in [5.41, 5.74) is 2.24. The molecular weight excluding hydrogens is 331 g/mol. The van der Waals surface area contributed by atoms with E-state index >= 15 is 0 Å². The van der Waals surface area contributed by atoms with Gasteiger partial charge in [-0.25, -0.2) is 0 Å². The Labute approximate surface area is 138 Å². The summed E-state index contributed by atoms with van der Waals surface area (Å²) in [5.74, 6) is -0.226. The van der Waals surface area contributed by atoms with E-state index in [2.05, 4.69) is 10.6 Å². The number of amides is 1. The van der Waals surface area contributed by atoms with Crippen LogP contribution in [0.2, 0.25) is 15.1 Å². The number of carbonyl (C=O) groups excluding carboxylic acids is 1. The van der Waals surface area contributed by atoms with E-state index in [-0.39, 0.29) is 12.5 Å². The van der Waals surface area contributed by atoms with E-state index in [9.17, 15) is 4.79 Å². The van der Waals surface area contributed by atoms with Crippen LogP contribution in [0.3, 0.4) is 0 Å². The molecule has 21 heavy (non-hydrogen) atoms. The lowest BCUT2D eigenvalue weighted by molar-refractivity contribution is -0.114. The van der Waals surface area contributed by atoms with Crippen molar-refractivity contribution in [3.05, 3.63) is 57.0 Å². The van der Waals surface area contributed by atoms with Crippen molar-refractivity contribution in [3.63, 3.8) is 0 Å². The second-order valence-corrected chi connectivity index (χ2v) is 5.74. The van der Waals surface area contributed by atoms with Crippen molar-refractivity contribution in [2.45, 2.75) is 6.92 Å². The predicted octanol–water partition coefficient (Wildman–Crippen LogP) is 5.01. The molecule has 6 heteroatoms. The molecule has 3 nitrogen and oxygen atoms in total. The summed E-state index contributed by atoms with van der Waals surface area (Å²) in [4.78, 5) is 11.9. The zero-order chi connectivity index (χ0) is 15.4. The molecule has 0 saturated carbocycles. The number of hydrogen-bond donors (Lipinski definition) is 2.